The van der Waals surface area contributed by atoms with Crippen LogP contribution in [0, 0.1) is 11.8 Å². The van der Waals surface area contributed by atoms with Crippen LogP contribution in [0.15, 0.2) is 40.9 Å². The van der Waals surface area contributed by atoms with Crippen LogP contribution in [0.3, 0.4) is 0 Å². The highest BCUT2D eigenvalue weighted by molar-refractivity contribution is 6.24. The van der Waals surface area contributed by atoms with Crippen LogP contribution < -0.4 is 5.73 Å². The van der Waals surface area contributed by atoms with E-state index >= 15 is 0 Å². The summed E-state index contributed by atoms with van der Waals surface area (Å²) in [5.74, 6) is -4.95. The fourth-order valence-electron chi connectivity index (χ4n) is 4.72. The van der Waals surface area contributed by atoms with E-state index in [4.69, 9.17) is 10.5 Å². The van der Waals surface area contributed by atoms with Crippen LogP contribution >= 0.6 is 0 Å². The average Bonchev–Trinajstić information content (AvgIpc) is 2.63. The topological polar surface area (TPSA) is 147 Å². The monoisotopic (exact) mass is 385 g/mol. The van der Waals surface area contributed by atoms with Gasteiger partial charge in [-0.3, -0.25) is 14.4 Å². The average molecular weight is 385 g/mol. The third kappa shape index (κ3) is 2.18. The molecule has 1 amide bonds. The number of amides is 1. The predicted octanol–water partition coefficient (Wildman–Crippen LogP) is 0.669. The van der Waals surface area contributed by atoms with E-state index in [-0.39, 0.29) is 35.5 Å². The van der Waals surface area contributed by atoms with Crippen molar-refractivity contribution in [2.45, 2.75) is 24.9 Å². The van der Waals surface area contributed by atoms with Gasteiger partial charge in [0.1, 0.15) is 22.8 Å². The molecule has 3 aliphatic rings. The van der Waals surface area contributed by atoms with Crippen molar-refractivity contribution in [3.8, 4) is 5.75 Å². The number of phenolic OH excluding ortho intramolecular Hbond substituents is 1. The molecule has 0 radical (unpaired) electrons. The Labute approximate surface area is 159 Å². The molecule has 3 aliphatic carbocycles. The Kier molecular flexibility index (Phi) is 3.87. The summed E-state index contributed by atoms with van der Waals surface area (Å²) < 4.78 is 5.14. The van der Waals surface area contributed by atoms with Crippen LogP contribution in [0.2, 0.25) is 0 Å². The number of ketones is 2. The molecule has 1 aromatic rings. The quantitative estimate of drug-likeness (QED) is 0.547. The number of Topliss-reactive ketones (excluding diaryl/α,β-unsaturated/α-hetero) is 2. The van der Waals surface area contributed by atoms with Gasteiger partial charge in [0.05, 0.1) is 12.7 Å². The van der Waals surface area contributed by atoms with Crippen LogP contribution in [0.25, 0.3) is 0 Å². The second kappa shape index (κ2) is 5.93. The highest BCUT2D eigenvalue weighted by Crippen LogP contribution is 2.51. The number of aliphatic hydroxyl groups excluding tert-OH is 1. The molecule has 3 atom stereocenters. The van der Waals surface area contributed by atoms with Crippen LogP contribution in [0.5, 0.6) is 5.75 Å². The number of allylic oxidation sites excluding steroid dienone is 2. The lowest BCUT2D eigenvalue weighted by Crippen LogP contribution is -2.57. The van der Waals surface area contributed by atoms with E-state index < -0.39 is 46.2 Å². The molecule has 0 bridgehead atoms. The Hall–Kier alpha value is -3.13. The van der Waals surface area contributed by atoms with Gasteiger partial charge in [0.15, 0.2) is 11.4 Å². The van der Waals surface area contributed by atoms with E-state index in [2.05, 4.69) is 0 Å². The maximum atomic E-state index is 13.0. The first kappa shape index (κ1) is 18.2. The van der Waals surface area contributed by atoms with Gasteiger partial charge < -0.3 is 25.8 Å². The molecular formula is C20H19NO7. The predicted molar refractivity (Wildman–Crippen MR) is 95.2 cm³/mol. The Balaban J connectivity index is 1.91. The molecule has 0 saturated heterocycles. The number of phenols is 1. The van der Waals surface area contributed by atoms with Crippen LogP contribution in [0.1, 0.15) is 28.8 Å². The van der Waals surface area contributed by atoms with Crippen molar-refractivity contribution in [2.24, 2.45) is 17.6 Å². The van der Waals surface area contributed by atoms with E-state index in [0.717, 1.165) is 0 Å². The molecule has 146 valence electrons. The van der Waals surface area contributed by atoms with Gasteiger partial charge in [0.2, 0.25) is 5.78 Å². The van der Waals surface area contributed by atoms with Crippen LogP contribution in [0.4, 0.5) is 0 Å². The molecule has 0 aromatic heterocycles. The third-order valence-electron chi connectivity index (χ3n) is 6.03. The lowest BCUT2D eigenvalue weighted by molar-refractivity contribution is -0.144. The van der Waals surface area contributed by atoms with Crippen LogP contribution in [-0.4, -0.2) is 45.5 Å². The van der Waals surface area contributed by atoms with Gasteiger partial charge >= 0.3 is 0 Å². The van der Waals surface area contributed by atoms with Gasteiger partial charge in [-0.1, -0.05) is 12.1 Å². The molecule has 0 heterocycles. The molecule has 0 fully saturated rings. The Morgan fingerprint density at radius 1 is 1.25 bits per heavy atom. The summed E-state index contributed by atoms with van der Waals surface area (Å²) >= 11 is 0. The number of fused-ring (bicyclic) bond motifs is 3. The van der Waals surface area contributed by atoms with Gasteiger partial charge in [-0.15, -0.1) is 0 Å². The number of carbonyl (C=O) groups excluding carboxylic acids is 3. The Morgan fingerprint density at radius 3 is 2.61 bits per heavy atom. The summed E-state index contributed by atoms with van der Waals surface area (Å²) in [4.78, 5) is 37.7. The van der Waals surface area contributed by atoms with Gasteiger partial charge in [-0.2, -0.15) is 0 Å². The summed E-state index contributed by atoms with van der Waals surface area (Å²) in [6.07, 6.45) is 0.609. The molecule has 0 aliphatic heterocycles. The fraction of sp³-hybridized carbons (Fsp3) is 0.350. The third-order valence-corrected chi connectivity index (χ3v) is 6.03. The standard InChI is InChI=1S/C20H19NO7/c1-28-12-7-10-6-9-5-8-3-2-4-11(22)13(8)16(23)14(9)17(24)20(10,27)18(25)15(12)19(21)26/h2-4,9-10,22,24,27H,5-7H2,1H3,(H2,21,26)/t9?,10-,20-/m0/s1. The Morgan fingerprint density at radius 2 is 1.96 bits per heavy atom. The summed E-state index contributed by atoms with van der Waals surface area (Å²) in [5, 5.41) is 32.1. The van der Waals surface area contributed by atoms with Crippen molar-refractivity contribution in [3.05, 3.63) is 52.0 Å². The molecule has 5 N–H and O–H groups in total. The SMILES string of the molecule is COC1=C(C(N)=O)C(=O)[C@@]2(O)C(O)=C3C(=O)c4c(O)cccc4CC3C[C@H]2C1. The summed E-state index contributed by atoms with van der Waals surface area (Å²) in [6, 6.07) is 4.71. The van der Waals surface area contributed by atoms with Gasteiger partial charge in [0.25, 0.3) is 5.91 Å². The lowest BCUT2D eigenvalue weighted by atomic mass is 9.60. The molecule has 8 nitrogen and oxygen atoms in total. The number of methoxy groups -OCH3 is 1. The number of nitrogens with two attached hydrogens (primary N) is 1. The highest BCUT2D eigenvalue weighted by atomic mass is 16.5. The number of carbonyl (C=O) groups is 3. The number of aromatic hydroxyl groups is 1. The van der Waals surface area contributed by atoms with E-state index in [0.29, 0.717) is 12.0 Å². The zero-order valence-corrected chi connectivity index (χ0v) is 15.1. The van der Waals surface area contributed by atoms with Gasteiger partial charge in [-0.25, -0.2) is 0 Å². The smallest absolute Gasteiger partial charge is 0.255 e. The largest absolute Gasteiger partial charge is 0.508 e. The van der Waals surface area contributed by atoms with Crippen molar-refractivity contribution in [1.82, 2.24) is 0 Å². The van der Waals surface area contributed by atoms with E-state index in [9.17, 15) is 29.7 Å². The Bertz CT molecular complexity index is 1010. The number of hydrogen-bond donors (Lipinski definition) is 4. The van der Waals surface area contributed by atoms with E-state index in [1.165, 1.54) is 13.2 Å². The highest BCUT2D eigenvalue weighted by Gasteiger charge is 2.59. The second-order valence-corrected chi connectivity index (χ2v) is 7.40. The molecule has 0 spiro atoms. The van der Waals surface area contributed by atoms with Gasteiger partial charge in [-0.05, 0) is 30.4 Å². The molecule has 1 aromatic carbocycles. The summed E-state index contributed by atoms with van der Waals surface area (Å²) in [7, 11) is 1.29. The first-order valence-electron chi connectivity index (χ1n) is 8.85. The number of hydrogen-bond acceptors (Lipinski definition) is 7. The van der Waals surface area contributed by atoms with Crippen molar-refractivity contribution >= 4 is 17.5 Å². The fourth-order valence-corrected chi connectivity index (χ4v) is 4.72. The van der Waals surface area contributed by atoms with Crippen molar-refractivity contribution in [2.75, 3.05) is 7.11 Å². The summed E-state index contributed by atoms with van der Waals surface area (Å²) in [5.41, 5.74) is 2.92. The first-order valence-corrected chi connectivity index (χ1v) is 8.85. The number of aliphatic hydroxyl groups is 2. The number of rotatable bonds is 2. The zero-order valence-electron chi connectivity index (χ0n) is 15.1. The minimum Gasteiger partial charge on any atom is -0.508 e. The summed E-state index contributed by atoms with van der Waals surface area (Å²) in [6.45, 7) is 0. The van der Waals surface area contributed by atoms with E-state index in [1.807, 2.05) is 0 Å². The number of benzene rings is 1. The normalized spacial score (nSPS) is 29.2. The van der Waals surface area contributed by atoms with Crippen molar-refractivity contribution in [1.29, 1.82) is 0 Å². The maximum absolute atomic E-state index is 13.0. The zero-order chi connectivity index (χ0) is 20.4. The lowest BCUT2D eigenvalue weighted by Gasteiger charge is -2.45. The van der Waals surface area contributed by atoms with Crippen molar-refractivity contribution < 1.29 is 34.4 Å². The van der Waals surface area contributed by atoms with Crippen LogP contribution in [-0.2, 0) is 20.7 Å². The van der Waals surface area contributed by atoms with Gasteiger partial charge in [0, 0.05) is 17.9 Å². The first-order chi connectivity index (χ1) is 13.2. The minimum absolute atomic E-state index is 0.0198. The molecule has 1 unspecified atom stereocenters. The number of ether oxygens (including phenoxy) is 1. The van der Waals surface area contributed by atoms with E-state index in [1.54, 1.807) is 12.1 Å². The second-order valence-electron chi connectivity index (χ2n) is 7.40. The number of primary amides is 1. The molecule has 0 saturated carbocycles. The molecule has 28 heavy (non-hydrogen) atoms. The van der Waals surface area contributed by atoms with Crippen molar-refractivity contribution in [3.63, 3.8) is 0 Å². The molecule has 4 rings (SSSR count). The maximum Gasteiger partial charge on any atom is 0.255 e. The minimum atomic E-state index is -2.43. The molecule has 8 heteroatoms. The molecular weight excluding hydrogens is 366 g/mol.